The molecular formula is C24H18N2O6S. The second kappa shape index (κ2) is 8.71. The van der Waals surface area contributed by atoms with Gasteiger partial charge in [-0.05, 0) is 73.2 Å². The number of hydrogen-bond acceptors (Lipinski definition) is 6. The first-order valence-electron chi connectivity index (χ1n) is 9.78. The van der Waals surface area contributed by atoms with Gasteiger partial charge < -0.3 is 14.3 Å². The van der Waals surface area contributed by atoms with Gasteiger partial charge in [0.1, 0.15) is 22.8 Å². The minimum atomic E-state index is -1.04. The molecule has 2 N–H and O–H groups in total. The zero-order valence-corrected chi connectivity index (χ0v) is 18.4. The van der Waals surface area contributed by atoms with Crippen LogP contribution in [0.15, 0.2) is 64.6 Å². The van der Waals surface area contributed by atoms with Crippen molar-refractivity contribution >= 4 is 46.9 Å². The number of nitrogens with zero attached hydrogens (tertiary/aromatic N) is 1. The van der Waals surface area contributed by atoms with Gasteiger partial charge in [0.25, 0.3) is 11.8 Å². The molecule has 2 heterocycles. The maximum absolute atomic E-state index is 13.1. The number of carbonyl (C=O) groups excluding carboxylic acids is 2. The van der Waals surface area contributed by atoms with E-state index in [1.807, 2.05) is 0 Å². The number of carbonyl (C=O) groups is 3. The molecule has 0 bridgehead atoms. The molecule has 2 amide bonds. The standard InChI is InChI=1S/C24H18N2O6S/c1-13-17(4-3-5-18(13)23(29)30)20-11-10-16(32-20)12-19-21(27)25-24(33)26(22(19)28)14-6-8-15(31-2)9-7-14/h3-12H,1-2H3,(H,29,30)(H,25,27,33)/b19-12+. The Morgan fingerprint density at radius 2 is 1.85 bits per heavy atom. The summed E-state index contributed by atoms with van der Waals surface area (Å²) in [7, 11) is 1.53. The highest BCUT2D eigenvalue weighted by atomic mass is 32.1. The van der Waals surface area contributed by atoms with Crippen molar-refractivity contribution in [2.45, 2.75) is 6.92 Å². The second-order valence-electron chi connectivity index (χ2n) is 7.14. The lowest BCUT2D eigenvalue weighted by Gasteiger charge is -2.28. The van der Waals surface area contributed by atoms with E-state index < -0.39 is 17.8 Å². The molecule has 0 atom stereocenters. The Morgan fingerprint density at radius 1 is 1.12 bits per heavy atom. The van der Waals surface area contributed by atoms with E-state index in [0.717, 1.165) is 0 Å². The molecule has 33 heavy (non-hydrogen) atoms. The average molecular weight is 462 g/mol. The third-order valence-corrected chi connectivity index (χ3v) is 5.46. The van der Waals surface area contributed by atoms with Gasteiger partial charge in [-0.2, -0.15) is 0 Å². The van der Waals surface area contributed by atoms with Crippen LogP contribution in [-0.2, 0) is 9.59 Å². The van der Waals surface area contributed by atoms with E-state index in [9.17, 15) is 19.5 Å². The van der Waals surface area contributed by atoms with Crippen molar-refractivity contribution in [2.24, 2.45) is 0 Å². The van der Waals surface area contributed by atoms with E-state index in [1.54, 1.807) is 55.5 Å². The number of amides is 2. The number of thiocarbonyl (C=S) groups is 1. The number of rotatable bonds is 5. The monoisotopic (exact) mass is 462 g/mol. The van der Waals surface area contributed by atoms with Crippen molar-refractivity contribution in [1.82, 2.24) is 5.32 Å². The molecule has 1 aliphatic heterocycles. The van der Waals surface area contributed by atoms with E-state index >= 15 is 0 Å². The number of carboxylic acids is 1. The molecule has 2 aromatic carbocycles. The lowest BCUT2D eigenvalue weighted by molar-refractivity contribution is -0.122. The molecule has 0 aliphatic carbocycles. The fourth-order valence-electron chi connectivity index (χ4n) is 3.47. The molecule has 0 spiro atoms. The van der Waals surface area contributed by atoms with E-state index in [1.165, 1.54) is 24.2 Å². The molecule has 166 valence electrons. The molecule has 0 unspecified atom stereocenters. The molecule has 8 nitrogen and oxygen atoms in total. The summed E-state index contributed by atoms with van der Waals surface area (Å²) in [6.07, 6.45) is 1.33. The zero-order chi connectivity index (χ0) is 23.7. The van der Waals surface area contributed by atoms with Crippen molar-refractivity contribution in [2.75, 3.05) is 12.0 Å². The highest BCUT2D eigenvalue weighted by molar-refractivity contribution is 7.80. The van der Waals surface area contributed by atoms with Crippen molar-refractivity contribution in [3.8, 4) is 17.1 Å². The molecule has 0 radical (unpaired) electrons. The van der Waals surface area contributed by atoms with Crippen molar-refractivity contribution in [1.29, 1.82) is 0 Å². The largest absolute Gasteiger partial charge is 0.497 e. The van der Waals surface area contributed by atoms with Gasteiger partial charge in [-0.25, -0.2) is 4.79 Å². The van der Waals surface area contributed by atoms with Crippen LogP contribution >= 0.6 is 12.2 Å². The number of nitrogens with one attached hydrogen (secondary N) is 1. The van der Waals surface area contributed by atoms with Gasteiger partial charge in [-0.3, -0.25) is 19.8 Å². The minimum absolute atomic E-state index is 0.0337. The third kappa shape index (κ3) is 4.13. The Kier molecular flexibility index (Phi) is 5.80. The fourth-order valence-corrected chi connectivity index (χ4v) is 3.76. The molecule has 4 rings (SSSR count). The molecule has 9 heteroatoms. The number of carboxylic acid groups (broad SMARTS) is 1. The lowest BCUT2D eigenvalue weighted by Crippen LogP contribution is -2.54. The third-order valence-electron chi connectivity index (χ3n) is 5.18. The Morgan fingerprint density at radius 3 is 2.52 bits per heavy atom. The summed E-state index contributed by atoms with van der Waals surface area (Å²) >= 11 is 5.20. The van der Waals surface area contributed by atoms with Crippen LogP contribution in [0.5, 0.6) is 5.75 Å². The Hall–Kier alpha value is -4.24. The van der Waals surface area contributed by atoms with E-state index in [-0.39, 0.29) is 22.0 Å². The minimum Gasteiger partial charge on any atom is -0.497 e. The van der Waals surface area contributed by atoms with Crippen LogP contribution in [0.4, 0.5) is 5.69 Å². The smallest absolute Gasteiger partial charge is 0.335 e. The van der Waals surface area contributed by atoms with Gasteiger partial charge >= 0.3 is 5.97 Å². The topological polar surface area (TPSA) is 109 Å². The molecular weight excluding hydrogens is 444 g/mol. The van der Waals surface area contributed by atoms with Gasteiger partial charge in [0.15, 0.2) is 5.11 Å². The van der Waals surface area contributed by atoms with Crippen LogP contribution in [0, 0.1) is 6.92 Å². The Bertz CT molecular complexity index is 1320. The number of benzene rings is 2. The first-order valence-corrected chi connectivity index (χ1v) is 10.2. The van der Waals surface area contributed by atoms with Crippen LogP contribution in [0.2, 0.25) is 0 Å². The molecule has 0 saturated carbocycles. The summed E-state index contributed by atoms with van der Waals surface area (Å²) in [6, 6.07) is 14.8. The molecule has 1 aliphatic rings. The van der Waals surface area contributed by atoms with Gasteiger partial charge in [0.2, 0.25) is 0 Å². The van der Waals surface area contributed by atoms with Gasteiger partial charge in [0, 0.05) is 5.56 Å². The maximum atomic E-state index is 13.1. The number of methoxy groups -OCH3 is 1. The molecule has 1 aromatic heterocycles. The first-order chi connectivity index (χ1) is 15.8. The first kappa shape index (κ1) is 22.0. The molecule has 3 aromatic rings. The summed E-state index contributed by atoms with van der Waals surface area (Å²) in [5, 5.41) is 11.8. The summed E-state index contributed by atoms with van der Waals surface area (Å²) < 4.78 is 10.9. The highest BCUT2D eigenvalue weighted by Crippen LogP contribution is 2.29. The normalized spacial score (nSPS) is 15.0. The van der Waals surface area contributed by atoms with E-state index in [2.05, 4.69) is 5.32 Å². The van der Waals surface area contributed by atoms with Crippen LogP contribution in [0.25, 0.3) is 17.4 Å². The highest BCUT2D eigenvalue weighted by Gasteiger charge is 2.34. The summed E-state index contributed by atoms with van der Waals surface area (Å²) in [6.45, 7) is 1.69. The molecule has 1 saturated heterocycles. The van der Waals surface area contributed by atoms with Crippen molar-refractivity contribution in [3.63, 3.8) is 0 Å². The Labute approximate surface area is 194 Å². The van der Waals surface area contributed by atoms with Crippen LogP contribution in [-0.4, -0.2) is 35.1 Å². The predicted octanol–water partition coefficient (Wildman–Crippen LogP) is 3.79. The summed E-state index contributed by atoms with van der Waals surface area (Å²) in [5.74, 6) is -1.01. The second-order valence-corrected chi connectivity index (χ2v) is 7.53. The van der Waals surface area contributed by atoms with Gasteiger partial charge in [0.05, 0.1) is 18.4 Å². The number of hydrogen-bond donors (Lipinski definition) is 2. The summed E-state index contributed by atoms with van der Waals surface area (Å²) in [4.78, 5) is 38.3. The number of ether oxygens (including phenoxy) is 1. The van der Waals surface area contributed by atoms with E-state index in [4.69, 9.17) is 21.4 Å². The predicted molar refractivity (Wildman–Crippen MR) is 125 cm³/mol. The number of anilines is 1. The zero-order valence-electron chi connectivity index (χ0n) is 17.6. The van der Waals surface area contributed by atoms with Crippen LogP contribution in [0.1, 0.15) is 21.7 Å². The average Bonchev–Trinajstić information content (AvgIpc) is 3.25. The van der Waals surface area contributed by atoms with Gasteiger partial charge in [-0.15, -0.1) is 0 Å². The number of aromatic carboxylic acids is 1. The fraction of sp³-hybridized carbons (Fsp3) is 0.0833. The summed E-state index contributed by atoms with van der Waals surface area (Å²) in [5.41, 5.74) is 1.62. The number of furan rings is 1. The van der Waals surface area contributed by atoms with E-state index in [0.29, 0.717) is 28.3 Å². The van der Waals surface area contributed by atoms with Crippen LogP contribution in [0.3, 0.4) is 0 Å². The van der Waals surface area contributed by atoms with Crippen molar-refractivity contribution < 1.29 is 28.6 Å². The lowest BCUT2D eigenvalue weighted by atomic mass is 10.0. The van der Waals surface area contributed by atoms with Gasteiger partial charge in [-0.1, -0.05) is 12.1 Å². The maximum Gasteiger partial charge on any atom is 0.335 e. The van der Waals surface area contributed by atoms with Crippen molar-refractivity contribution in [3.05, 3.63) is 77.1 Å². The Balaban J connectivity index is 1.67. The quantitative estimate of drug-likeness (QED) is 0.337. The molecule has 1 fully saturated rings. The van der Waals surface area contributed by atoms with Crippen LogP contribution < -0.4 is 15.0 Å². The SMILES string of the molecule is COc1ccc(N2C(=O)/C(=C/c3ccc(-c4cccc(C(=O)O)c4C)o3)C(=O)NC2=S)cc1.